The van der Waals surface area contributed by atoms with Gasteiger partial charge in [0.05, 0.1) is 19.6 Å². The predicted molar refractivity (Wildman–Crippen MR) is 145 cm³/mol. The highest BCUT2D eigenvalue weighted by molar-refractivity contribution is 5.92. The molecule has 0 aromatic carbocycles. The number of Topliss-reactive ketones (excluding diaryl/α,β-unsaturated/α-hetero) is 1. The average Bonchev–Trinajstić information content (AvgIpc) is 3.53. The number of ether oxygens (including phenoxy) is 2. The van der Waals surface area contributed by atoms with Crippen molar-refractivity contribution in [2.75, 3.05) is 20.3 Å². The van der Waals surface area contributed by atoms with E-state index in [-0.39, 0.29) is 60.5 Å². The van der Waals surface area contributed by atoms with Crippen molar-refractivity contribution in [1.82, 2.24) is 4.90 Å². The van der Waals surface area contributed by atoms with E-state index >= 15 is 0 Å². The molecule has 10 heteroatoms. The fourth-order valence-corrected chi connectivity index (χ4v) is 9.29. The van der Waals surface area contributed by atoms with Crippen LogP contribution in [0.2, 0.25) is 0 Å². The molecule has 0 aromatic heterocycles. The monoisotopic (exact) mass is 573 g/mol. The lowest BCUT2D eigenvalue weighted by atomic mass is 9.45. The number of nitrogens with zero attached hydrogens (tertiary/aromatic N) is 1. The number of likely N-dealkylation sites (tertiary alicyclic amines) is 1. The van der Waals surface area contributed by atoms with Crippen LogP contribution >= 0.6 is 0 Å². The van der Waals surface area contributed by atoms with Gasteiger partial charge in [-0.1, -0.05) is 19.4 Å². The predicted octanol–water partition coefficient (Wildman–Crippen LogP) is 2.28. The highest BCUT2D eigenvalue weighted by Crippen LogP contribution is 2.67. The average molecular weight is 574 g/mol. The number of esters is 2. The van der Waals surface area contributed by atoms with Crippen LogP contribution in [-0.2, 0) is 33.4 Å². The number of carbonyl (C=O) groups is 5. The smallest absolute Gasteiger partial charge is 0.328 e. The minimum atomic E-state index is -1.73. The maximum Gasteiger partial charge on any atom is 0.328 e. The zero-order chi connectivity index (χ0) is 29.7. The Morgan fingerprint density at radius 2 is 1.83 bits per heavy atom. The second kappa shape index (κ2) is 10.9. The van der Waals surface area contributed by atoms with Gasteiger partial charge in [0.1, 0.15) is 11.6 Å². The van der Waals surface area contributed by atoms with Gasteiger partial charge < -0.3 is 24.6 Å². The molecule has 1 saturated heterocycles. The van der Waals surface area contributed by atoms with Crippen LogP contribution in [0.4, 0.5) is 0 Å². The Kier molecular flexibility index (Phi) is 7.96. The summed E-state index contributed by atoms with van der Waals surface area (Å²) in [4.78, 5) is 64.0. The van der Waals surface area contributed by atoms with Crippen LogP contribution in [0.15, 0.2) is 11.6 Å². The maximum absolute atomic E-state index is 13.4. The van der Waals surface area contributed by atoms with Crippen LogP contribution in [-0.4, -0.2) is 82.5 Å². The summed E-state index contributed by atoms with van der Waals surface area (Å²) in [5, 5.41) is 23.3. The van der Waals surface area contributed by atoms with Gasteiger partial charge in [0.2, 0.25) is 11.7 Å². The number of allylic oxidation sites excluding steroid dienone is 1. The number of hydrogen-bond donors (Lipinski definition) is 2. The third-order valence-corrected chi connectivity index (χ3v) is 11.5. The van der Waals surface area contributed by atoms with E-state index in [2.05, 4.69) is 6.92 Å². The first-order chi connectivity index (χ1) is 19.4. The quantitative estimate of drug-likeness (QED) is 0.438. The number of hydrogen-bond acceptors (Lipinski definition) is 9. The highest BCUT2D eigenvalue weighted by Gasteiger charge is 2.68. The Morgan fingerprint density at radius 3 is 2.56 bits per heavy atom. The highest BCUT2D eigenvalue weighted by atomic mass is 16.5. The van der Waals surface area contributed by atoms with Crippen molar-refractivity contribution in [1.29, 1.82) is 0 Å². The number of fused-ring (bicyclic) bond motifs is 5. The van der Waals surface area contributed by atoms with Crippen LogP contribution in [0, 0.1) is 28.6 Å². The van der Waals surface area contributed by atoms with Gasteiger partial charge in [-0.2, -0.15) is 0 Å². The molecule has 2 N–H and O–H groups in total. The summed E-state index contributed by atoms with van der Waals surface area (Å²) in [5.74, 6) is -1.87. The lowest BCUT2D eigenvalue weighted by Crippen LogP contribution is -2.62. The molecular formula is C31H43NO9. The number of methoxy groups -OCH3 is 1. The molecule has 10 nitrogen and oxygen atoms in total. The van der Waals surface area contributed by atoms with E-state index < -0.39 is 47.5 Å². The Labute approximate surface area is 240 Å². The van der Waals surface area contributed by atoms with E-state index in [0.29, 0.717) is 38.6 Å². The minimum absolute atomic E-state index is 0.0254. The number of carbonyl (C=O) groups excluding carboxylic acids is 5. The molecule has 226 valence electrons. The molecule has 5 rings (SSSR count). The van der Waals surface area contributed by atoms with Gasteiger partial charge in [0.25, 0.3) is 0 Å². The number of amides is 1. The van der Waals surface area contributed by atoms with Crippen molar-refractivity contribution >= 4 is 29.4 Å². The van der Waals surface area contributed by atoms with Gasteiger partial charge in [-0.05, 0) is 80.6 Å². The third kappa shape index (κ3) is 4.84. The number of rotatable bonds is 7. The Bertz CT molecular complexity index is 1160. The Balaban J connectivity index is 1.20. The summed E-state index contributed by atoms with van der Waals surface area (Å²) in [7, 11) is 1.27. The van der Waals surface area contributed by atoms with Crippen molar-refractivity contribution in [3.8, 4) is 0 Å². The van der Waals surface area contributed by atoms with Gasteiger partial charge in [-0.25, -0.2) is 4.79 Å². The van der Waals surface area contributed by atoms with Crippen LogP contribution in [0.5, 0.6) is 0 Å². The number of aliphatic hydroxyl groups is 2. The molecule has 0 aromatic rings. The lowest BCUT2D eigenvalue weighted by molar-refractivity contribution is -0.184. The number of aliphatic hydroxyl groups excluding tert-OH is 1. The van der Waals surface area contributed by atoms with E-state index in [1.807, 2.05) is 6.92 Å². The summed E-state index contributed by atoms with van der Waals surface area (Å²) in [5.41, 5.74) is -1.74. The molecule has 4 aliphatic carbocycles. The van der Waals surface area contributed by atoms with Crippen LogP contribution in [0.1, 0.15) is 84.5 Å². The minimum Gasteiger partial charge on any atom is -0.467 e. The Morgan fingerprint density at radius 1 is 1.07 bits per heavy atom. The molecule has 0 unspecified atom stereocenters. The van der Waals surface area contributed by atoms with Crippen molar-refractivity contribution in [2.45, 2.75) is 102 Å². The van der Waals surface area contributed by atoms with E-state index in [4.69, 9.17) is 9.47 Å². The SMILES string of the molecule is COC(=O)[C@@H]1CCCN1C(=O)CCC(=O)OCC(=O)[C@@]1(O)CC[C@@H]2[C@@H]3CCC4=CC(=O)CC[C@]4(C)[C@@H]3[C@H](O)C[C@@]21C. The summed E-state index contributed by atoms with van der Waals surface area (Å²) in [6.45, 7) is 3.86. The fourth-order valence-electron chi connectivity index (χ4n) is 9.29. The van der Waals surface area contributed by atoms with Gasteiger partial charge in [-0.3, -0.25) is 19.2 Å². The molecule has 8 atom stereocenters. The van der Waals surface area contributed by atoms with E-state index in [1.165, 1.54) is 12.0 Å². The normalized spacial score (nSPS) is 39.7. The van der Waals surface area contributed by atoms with Crippen molar-refractivity contribution in [3.63, 3.8) is 0 Å². The second-order valence-corrected chi connectivity index (χ2v) is 13.3. The summed E-state index contributed by atoms with van der Waals surface area (Å²) >= 11 is 0. The standard InChI is InChI=1S/C31H43NO9/c1-29-12-10-19(33)15-18(29)6-7-20-21-11-13-31(39,30(21,2)16-23(34)27(20)29)24(35)17-41-26(37)9-8-25(36)32-14-4-5-22(32)28(38)40-3/h15,20-23,27,34,39H,4-14,16-17H2,1-3H3/t20-,21+,22-,23+,27-,29-,30-,31-/m0/s1. The molecule has 0 spiro atoms. The van der Waals surface area contributed by atoms with E-state index in [0.717, 1.165) is 18.4 Å². The number of ketones is 2. The fraction of sp³-hybridized carbons (Fsp3) is 0.774. The molecule has 0 radical (unpaired) electrons. The van der Waals surface area contributed by atoms with Crippen molar-refractivity contribution in [3.05, 3.63) is 11.6 Å². The van der Waals surface area contributed by atoms with Gasteiger partial charge in [-0.15, -0.1) is 0 Å². The summed E-state index contributed by atoms with van der Waals surface area (Å²) in [6, 6.07) is -0.643. The second-order valence-electron chi connectivity index (χ2n) is 13.3. The third-order valence-electron chi connectivity index (χ3n) is 11.5. The van der Waals surface area contributed by atoms with Crippen LogP contribution in [0.25, 0.3) is 0 Å². The van der Waals surface area contributed by atoms with Gasteiger partial charge >= 0.3 is 11.9 Å². The largest absolute Gasteiger partial charge is 0.467 e. The molecule has 5 aliphatic rings. The van der Waals surface area contributed by atoms with Crippen LogP contribution in [0.3, 0.4) is 0 Å². The van der Waals surface area contributed by atoms with E-state index in [1.54, 1.807) is 6.08 Å². The molecule has 4 fully saturated rings. The van der Waals surface area contributed by atoms with Gasteiger partial charge in [0.15, 0.2) is 12.4 Å². The van der Waals surface area contributed by atoms with E-state index in [9.17, 15) is 34.2 Å². The Hall–Kier alpha value is -2.59. The zero-order valence-electron chi connectivity index (χ0n) is 24.4. The molecular weight excluding hydrogens is 530 g/mol. The molecule has 1 amide bonds. The topological polar surface area (TPSA) is 148 Å². The van der Waals surface area contributed by atoms with Crippen molar-refractivity contribution < 1.29 is 43.7 Å². The maximum atomic E-state index is 13.4. The summed E-state index contributed by atoms with van der Waals surface area (Å²) < 4.78 is 9.99. The molecule has 1 aliphatic heterocycles. The molecule has 1 heterocycles. The molecule has 41 heavy (non-hydrogen) atoms. The lowest BCUT2D eigenvalue weighted by Gasteiger charge is -2.60. The molecule has 3 saturated carbocycles. The van der Waals surface area contributed by atoms with Crippen molar-refractivity contribution in [2.24, 2.45) is 28.6 Å². The van der Waals surface area contributed by atoms with Gasteiger partial charge in [0, 0.05) is 24.8 Å². The zero-order valence-corrected chi connectivity index (χ0v) is 24.4. The van der Waals surface area contributed by atoms with Crippen LogP contribution < -0.4 is 0 Å². The first-order valence-corrected chi connectivity index (χ1v) is 15.1. The molecule has 0 bridgehead atoms. The first-order valence-electron chi connectivity index (χ1n) is 15.1. The first kappa shape index (κ1) is 29.9. The summed E-state index contributed by atoms with van der Waals surface area (Å²) in [6.07, 6.45) is 5.75.